The summed E-state index contributed by atoms with van der Waals surface area (Å²) in [6.45, 7) is 2.80. The van der Waals surface area contributed by atoms with Gasteiger partial charge in [-0.2, -0.15) is 0 Å². The molecule has 0 aliphatic rings. The first-order valence-corrected chi connectivity index (χ1v) is 2.14. The number of ether oxygens (including phenoxy) is 1. The van der Waals surface area contributed by atoms with Crippen LogP contribution in [0.3, 0.4) is 0 Å². The number of methoxy groups -OCH3 is 1. The Labute approximate surface area is 57.5 Å². The molecule has 0 saturated carbocycles. The van der Waals surface area contributed by atoms with Gasteiger partial charge < -0.3 is 14.9 Å². The van der Waals surface area contributed by atoms with E-state index in [-0.39, 0.29) is 12.2 Å². The maximum atomic E-state index is 9.71. The highest BCUT2D eigenvalue weighted by atomic mass is 16.5. The minimum atomic E-state index is -1.12. The summed E-state index contributed by atoms with van der Waals surface area (Å²) in [4.78, 5) is 18.1. The van der Waals surface area contributed by atoms with Crippen molar-refractivity contribution < 1.29 is 24.5 Å². The highest BCUT2D eigenvalue weighted by Gasteiger charge is 1.98. The number of hydrogen-bond acceptors (Lipinski definition) is 3. The molecule has 0 aromatic carbocycles. The second-order valence-electron chi connectivity index (χ2n) is 1.04. The van der Waals surface area contributed by atoms with Gasteiger partial charge in [-0.3, -0.25) is 4.79 Å². The predicted octanol–water partition coefficient (Wildman–Crippen LogP) is -0.0681. The lowest BCUT2D eigenvalue weighted by Gasteiger charge is -1.92. The zero-order valence-corrected chi connectivity index (χ0v) is 5.40. The van der Waals surface area contributed by atoms with Crippen LogP contribution in [0.5, 0.6) is 0 Å². The van der Waals surface area contributed by atoms with E-state index in [4.69, 9.17) is 15.0 Å². The zero-order chi connectivity index (χ0) is 8.57. The van der Waals surface area contributed by atoms with Crippen LogP contribution in [-0.4, -0.2) is 29.8 Å². The molecule has 0 radical (unpaired) electrons. The lowest BCUT2D eigenvalue weighted by Crippen LogP contribution is -1.99. The smallest absolute Gasteiger partial charge is 0.370 e. The summed E-state index contributed by atoms with van der Waals surface area (Å²) in [5, 5.41) is 14.8. The van der Waals surface area contributed by atoms with Gasteiger partial charge in [0.05, 0.1) is 7.11 Å². The van der Waals surface area contributed by atoms with Crippen LogP contribution in [0.25, 0.3) is 0 Å². The zero-order valence-electron chi connectivity index (χ0n) is 5.40. The third-order valence-electron chi connectivity index (χ3n) is 0.485. The Kier molecular flexibility index (Phi) is 8.45. The van der Waals surface area contributed by atoms with Crippen molar-refractivity contribution in [3.8, 4) is 0 Å². The van der Waals surface area contributed by atoms with Gasteiger partial charge in [0, 0.05) is 0 Å². The minimum Gasteiger partial charge on any atom is -0.490 e. The van der Waals surface area contributed by atoms with Crippen LogP contribution >= 0.6 is 0 Å². The molecule has 0 amide bonds. The van der Waals surface area contributed by atoms with E-state index in [1.807, 2.05) is 0 Å². The van der Waals surface area contributed by atoms with Gasteiger partial charge in [-0.25, -0.2) is 4.79 Å². The fourth-order valence-electron chi connectivity index (χ4n) is 0.0873. The predicted molar refractivity (Wildman–Crippen MR) is 32.5 cm³/mol. The Balaban J connectivity index is 0. The number of hydrogen-bond donors (Lipinski definition) is 2. The molecule has 0 heterocycles. The second-order valence-corrected chi connectivity index (χ2v) is 1.04. The van der Waals surface area contributed by atoms with Gasteiger partial charge in [0.15, 0.2) is 5.76 Å². The molecule has 0 bridgehead atoms. The average Bonchev–Trinajstić information content (AvgIpc) is 1.88. The van der Waals surface area contributed by atoms with E-state index in [2.05, 4.69) is 11.3 Å². The highest BCUT2D eigenvalue weighted by molar-refractivity contribution is 5.83. The molecule has 0 aromatic rings. The van der Waals surface area contributed by atoms with Gasteiger partial charge in [0.25, 0.3) is 6.47 Å². The van der Waals surface area contributed by atoms with Crippen molar-refractivity contribution >= 4 is 12.4 Å². The second kappa shape index (κ2) is 7.48. The van der Waals surface area contributed by atoms with Crippen molar-refractivity contribution in [1.82, 2.24) is 0 Å². The first-order valence-electron chi connectivity index (χ1n) is 2.14. The van der Waals surface area contributed by atoms with Gasteiger partial charge in [-0.1, -0.05) is 0 Å². The van der Waals surface area contributed by atoms with E-state index in [0.717, 1.165) is 0 Å². The van der Waals surface area contributed by atoms with Gasteiger partial charge in [0.2, 0.25) is 0 Å². The van der Waals surface area contributed by atoms with Gasteiger partial charge in [-0.15, -0.1) is 0 Å². The SMILES string of the molecule is C=C(OC)C(=O)O.O=CO. The molecule has 58 valence electrons. The summed E-state index contributed by atoms with van der Waals surface area (Å²) in [7, 11) is 1.26. The summed E-state index contributed by atoms with van der Waals surface area (Å²) in [5.74, 6) is -1.36. The third-order valence-corrected chi connectivity index (χ3v) is 0.485. The van der Waals surface area contributed by atoms with Gasteiger partial charge in [-0.05, 0) is 6.58 Å². The molecule has 0 atom stereocenters. The van der Waals surface area contributed by atoms with Crippen molar-refractivity contribution in [3.05, 3.63) is 12.3 Å². The van der Waals surface area contributed by atoms with Crippen LogP contribution < -0.4 is 0 Å². The van der Waals surface area contributed by atoms with Gasteiger partial charge >= 0.3 is 5.97 Å². The van der Waals surface area contributed by atoms with Crippen LogP contribution in [0.1, 0.15) is 0 Å². The van der Waals surface area contributed by atoms with Crippen LogP contribution in [-0.2, 0) is 14.3 Å². The van der Waals surface area contributed by atoms with Crippen LogP contribution in [0.15, 0.2) is 12.3 Å². The molecule has 0 aromatic heterocycles. The molecule has 0 rings (SSSR count). The fourth-order valence-corrected chi connectivity index (χ4v) is 0.0873. The highest BCUT2D eigenvalue weighted by Crippen LogP contribution is 1.86. The molecule has 0 fully saturated rings. The van der Waals surface area contributed by atoms with E-state index >= 15 is 0 Å². The summed E-state index contributed by atoms with van der Waals surface area (Å²) >= 11 is 0. The number of rotatable bonds is 2. The quantitative estimate of drug-likeness (QED) is 0.325. The van der Waals surface area contributed by atoms with E-state index in [1.165, 1.54) is 7.11 Å². The standard InChI is InChI=1S/C4H6O3.CH2O2/c1-3(7-2)4(5)6;2-1-3/h1H2,2H3,(H,5,6);1H,(H,2,3). The summed E-state index contributed by atoms with van der Waals surface area (Å²) in [6, 6.07) is 0. The number of aliphatic carboxylic acids is 1. The Morgan fingerprint density at radius 2 is 2.00 bits per heavy atom. The minimum absolute atomic E-state index is 0.236. The van der Waals surface area contributed by atoms with Gasteiger partial charge in [0.1, 0.15) is 0 Å². The molecule has 0 spiro atoms. The maximum absolute atomic E-state index is 9.71. The van der Waals surface area contributed by atoms with Crippen molar-refractivity contribution in [1.29, 1.82) is 0 Å². The maximum Gasteiger partial charge on any atom is 0.370 e. The van der Waals surface area contributed by atoms with Crippen LogP contribution in [0, 0.1) is 0 Å². The van der Waals surface area contributed by atoms with E-state index in [1.54, 1.807) is 0 Å². The first kappa shape index (κ1) is 11.3. The van der Waals surface area contributed by atoms with Crippen LogP contribution in [0.4, 0.5) is 0 Å². The normalized spacial score (nSPS) is 6.50. The molecule has 0 aliphatic heterocycles. The van der Waals surface area contributed by atoms with Crippen molar-refractivity contribution in [2.75, 3.05) is 7.11 Å². The molecule has 5 nitrogen and oxygen atoms in total. The molecule has 0 unspecified atom stereocenters. The fraction of sp³-hybridized carbons (Fsp3) is 0.200. The number of carbonyl (C=O) groups is 2. The largest absolute Gasteiger partial charge is 0.490 e. The average molecular weight is 148 g/mol. The topological polar surface area (TPSA) is 83.8 Å². The van der Waals surface area contributed by atoms with E-state index in [9.17, 15) is 4.79 Å². The van der Waals surface area contributed by atoms with Crippen molar-refractivity contribution in [2.24, 2.45) is 0 Å². The Bertz CT molecular complexity index is 128. The number of carboxylic acids is 1. The molecular formula is C5H8O5. The van der Waals surface area contributed by atoms with Crippen molar-refractivity contribution in [2.45, 2.75) is 0 Å². The number of carboxylic acid groups (broad SMARTS) is 2. The summed E-state index contributed by atoms with van der Waals surface area (Å²) < 4.78 is 4.22. The van der Waals surface area contributed by atoms with Crippen LogP contribution in [0.2, 0.25) is 0 Å². The first-order chi connectivity index (χ1) is 4.59. The molecule has 10 heavy (non-hydrogen) atoms. The van der Waals surface area contributed by atoms with E-state index < -0.39 is 5.97 Å². The molecule has 5 heteroatoms. The summed E-state index contributed by atoms with van der Waals surface area (Å²) in [5.41, 5.74) is 0. The lowest BCUT2D eigenvalue weighted by atomic mass is 10.6. The molecule has 2 N–H and O–H groups in total. The van der Waals surface area contributed by atoms with Crippen molar-refractivity contribution in [3.63, 3.8) is 0 Å². The lowest BCUT2D eigenvalue weighted by molar-refractivity contribution is -0.136. The van der Waals surface area contributed by atoms with E-state index in [0.29, 0.717) is 0 Å². The Morgan fingerprint density at radius 1 is 1.70 bits per heavy atom. The molecular weight excluding hydrogens is 140 g/mol. The Hall–Kier alpha value is -1.52. The monoisotopic (exact) mass is 148 g/mol. The third kappa shape index (κ3) is 9.70. The Morgan fingerprint density at radius 3 is 2.00 bits per heavy atom. The molecule has 0 aliphatic carbocycles. The summed E-state index contributed by atoms with van der Waals surface area (Å²) in [6.07, 6.45) is 0. The molecule has 0 saturated heterocycles.